The van der Waals surface area contributed by atoms with Crippen LogP contribution >= 0.6 is 0 Å². The van der Waals surface area contributed by atoms with Crippen LogP contribution in [0.1, 0.15) is 73.6 Å². The quantitative estimate of drug-likeness (QED) is 0.128. The first-order valence-corrected chi connectivity index (χ1v) is 14.8. The van der Waals surface area contributed by atoms with Crippen molar-refractivity contribution >= 4 is 43.7 Å². The number of ketones is 2. The predicted octanol–water partition coefficient (Wildman–Crippen LogP) is 2.10. The van der Waals surface area contributed by atoms with Crippen molar-refractivity contribution in [3.63, 3.8) is 0 Å². The molecule has 0 spiro atoms. The van der Waals surface area contributed by atoms with E-state index in [0.29, 0.717) is 19.6 Å². The molecule has 0 aromatic heterocycles. The normalized spacial score (nSPS) is 17.0. The minimum Gasteiger partial charge on any atom is -0.465 e. The largest absolute Gasteiger partial charge is 0.465 e. The minimum atomic E-state index is -3.99. The van der Waals surface area contributed by atoms with Crippen LogP contribution in [0, 0.1) is 11.3 Å². The average Bonchev–Trinajstić information content (AvgIpc) is 2.76. The first-order valence-electron chi connectivity index (χ1n) is 11.6. The third-order valence-corrected chi connectivity index (χ3v) is 7.25. The Balaban J connectivity index is 0. The third kappa shape index (κ3) is 16.7. The van der Waals surface area contributed by atoms with E-state index in [1.807, 2.05) is 0 Å². The van der Waals surface area contributed by atoms with Crippen molar-refractivity contribution in [2.75, 3.05) is 31.3 Å². The highest BCUT2D eigenvalue weighted by Gasteiger charge is 2.39. The summed E-state index contributed by atoms with van der Waals surface area (Å²) in [6.45, 7) is 9.97. The molecule has 0 saturated carbocycles. The molecular weight excluding hydrogens is 520 g/mol. The topological polar surface area (TPSA) is 184 Å². The monoisotopic (exact) mass is 560 g/mol. The van der Waals surface area contributed by atoms with E-state index in [2.05, 4.69) is 8.92 Å². The number of carbonyl (C=O) groups is 4. The van der Waals surface area contributed by atoms with Crippen LogP contribution in [0.2, 0.25) is 0 Å². The van der Waals surface area contributed by atoms with E-state index in [-0.39, 0.29) is 42.5 Å². The van der Waals surface area contributed by atoms with Crippen molar-refractivity contribution in [2.24, 2.45) is 11.3 Å². The molecule has 1 aliphatic heterocycles. The Hall–Kier alpha value is -1.90. The van der Waals surface area contributed by atoms with Crippen molar-refractivity contribution in [1.29, 1.82) is 0 Å². The lowest BCUT2D eigenvalue weighted by Crippen LogP contribution is -2.36. The van der Waals surface area contributed by atoms with Crippen molar-refractivity contribution < 1.29 is 54.2 Å². The fraction of sp³-hybridized carbons (Fsp3) is 0.818. The first-order chi connectivity index (χ1) is 16.4. The van der Waals surface area contributed by atoms with Crippen molar-refractivity contribution in [1.82, 2.24) is 0 Å². The fourth-order valence-corrected chi connectivity index (χ4v) is 4.15. The molecule has 1 heterocycles. The molecule has 0 amide bonds. The van der Waals surface area contributed by atoms with Crippen LogP contribution in [0.25, 0.3) is 0 Å². The molecule has 0 aliphatic carbocycles. The number of rotatable bonds is 11. The van der Waals surface area contributed by atoms with Gasteiger partial charge in [0, 0.05) is 0 Å². The number of hydrogen-bond acceptors (Lipinski definition) is 11. The molecule has 0 radical (unpaired) electrons. The molecule has 0 aromatic rings. The number of carbonyl (C=O) groups excluding carboxylic acids is 4. The first kappa shape index (κ1) is 36.3. The molecule has 1 aliphatic rings. The average molecular weight is 561 g/mol. The third-order valence-electron chi connectivity index (χ3n) is 5.13. The van der Waals surface area contributed by atoms with Crippen LogP contribution in [-0.4, -0.2) is 76.2 Å². The van der Waals surface area contributed by atoms with E-state index in [9.17, 15) is 36.0 Å². The molecule has 12 nitrogen and oxygen atoms in total. The number of Topliss-reactive ketones (excluding diaryl/α,β-unsaturated/α-hetero) is 2. The molecule has 212 valence electrons. The second kappa shape index (κ2) is 17.5. The van der Waals surface area contributed by atoms with Gasteiger partial charge in [0.25, 0.3) is 20.2 Å². The maximum absolute atomic E-state index is 11.7. The SMILES string of the molecule is CCOC(=O)C(C)(CCCCS(=O)(=O)O)C(C)=O.CCOC(=O)C(C)C(C)=O.O=S1(=O)CCCCO1. The van der Waals surface area contributed by atoms with E-state index in [1.54, 1.807) is 20.8 Å². The van der Waals surface area contributed by atoms with E-state index in [4.69, 9.17) is 9.29 Å². The lowest BCUT2D eigenvalue weighted by atomic mass is 9.81. The summed E-state index contributed by atoms with van der Waals surface area (Å²) in [5.41, 5.74) is -1.24. The van der Waals surface area contributed by atoms with Gasteiger partial charge in [0.15, 0.2) is 0 Å². The Morgan fingerprint density at radius 1 is 1.03 bits per heavy atom. The second-order valence-electron chi connectivity index (χ2n) is 8.23. The summed E-state index contributed by atoms with van der Waals surface area (Å²) < 4.78 is 64.3. The Kier molecular flexibility index (Phi) is 17.7. The highest BCUT2D eigenvalue weighted by atomic mass is 32.2. The van der Waals surface area contributed by atoms with Gasteiger partial charge < -0.3 is 9.47 Å². The number of ether oxygens (including phenoxy) is 2. The highest BCUT2D eigenvalue weighted by molar-refractivity contribution is 7.86. The zero-order chi connectivity index (χ0) is 28.6. The molecule has 2 unspecified atom stereocenters. The van der Waals surface area contributed by atoms with Gasteiger partial charge >= 0.3 is 11.9 Å². The molecule has 1 N–H and O–H groups in total. The van der Waals surface area contributed by atoms with Crippen LogP contribution in [0.5, 0.6) is 0 Å². The van der Waals surface area contributed by atoms with Crippen LogP contribution in [-0.2, 0) is 53.1 Å². The summed E-state index contributed by atoms with van der Waals surface area (Å²) in [7, 11) is -7.08. The maximum atomic E-state index is 11.7. The van der Waals surface area contributed by atoms with Gasteiger partial charge in [0.05, 0.1) is 31.3 Å². The zero-order valence-electron chi connectivity index (χ0n) is 21.9. The van der Waals surface area contributed by atoms with Gasteiger partial charge in [-0.3, -0.25) is 27.9 Å². The van der Waals surface area contributed by atoms with Crippen molar-refractivity contribution in [3.05, 3.63) is 0 Å². The molecule has 1 saturated heterocycles. The van der Waals surface area contributed by atoms with E-state index in [0.717, 1.165) is 12.8 Å². The molecule has 36 heavy (non-hydrogen) atoms. The standard InChI is InChI=1S/C11H20O6S.C7H12O3.C4H8O3S/c1-4-17-10(13)11(3,9(2)12)7-5-6-8-18(14,15)16;1-4-10-7(9)5(2)6(3)8;5-8(6)4-2-1-3-7-8/h4-8H2,1-3H3,(H,14,15,16);5H,4H2,1-3H3;1-4H2. The molecule has 14 heteroatoms. The van der Waals surface area contributed by atoms with Crippen LogP contribution in [0.15, 0.2) is 0 Å². The summed E-state index contributed by atoms with van der Waals surface area (Å²) in [4.78, 5) is 44.5. The predicted molar refractivity (Wildman–Crippen MR) is 131 cm³/mol. The van der Waals surface area contributed by atoms with Crippen molar-refractivity contribution in [2.45, 2.75) is 73.6 Å². The Labute approximate surface area is 214 Å². The summed E-state index contributed by atoms with van der Waals surface area (Å²) in [5.74, 6) is -2.28. The van der Waals surface area contributed by atoms with E-state index < -0.39 is 43.5 Å². The van der Waals surface area contributed by atoms with Crippen LogP contribution in [0.4, 0.5) is 0 Å². The van der Waals surface area contributed by atoms with E-state index >= 15 is 0 Å². The van der Waals surface area contributed by atoms with Crippen LogP contribution < -0.4 is 0 Å². The number of esters is 2. The number of hydrogen-bond donors (Lipinski definition) is 1. The lowest BCUT2D eigenvalue weighted by molar-refractivity contribution is -0.159. The summed E-state index contributed by atoms with van der Waals surface area (Å²) >= 11 is 0. The van der Waals surface area contributed by atoms with Gasteiger partial charge in [-0.2, -0.15) is 16.8 Å². The molecule has 0 bridgehead atoms. The minimum absolute atomic E-state index is 0.154. The maximum Gasteiger partial charge on any atom is 0.319 e. The summed E-state index contributed by atoms with van der Waals surface area (Å²) in [6, 6.07) is 0. The van der Waals surface area contributed by atoms with E-state index in [1.165, 1.54) is 20.8 Å². The van der Waals surface area contributed by atoms with Crippen LogP contribution in [0.3, 0.4) is 0 Å². The molecule has 0 aromatic carbocycles. The molecular formula is C22H40O12S2. The highest BCUT2D eigenvalue weighted by Crippen LogP contribution is 2.27. The summed E-state index contributed by atoms with van der Waals surface area (Å²) in [6.07, 6.45) is 2.37. The Morgan fingerprint density at radius 2 is 1.58 bits per heavy atom. The molecule has 2 atom stereocenters. The zero-order valence-corrected chi connectivity index (χ0v) is 23.5. The van der Waals surface area contributed by atoms with Gasteiger partial charge in [0.1, 0.15) is 22.9 Å². The smallest absolute Gasteiger partial charge is 0.319 e. The summed E-state index contributed by atoms with van der Waals surface area (Å²) in [5, 5.41) is 0. The fourth-order valence-electron chi connectivity index (χ4n) is 2.53. The van der Waals surface area contributed by atoms with Gasteiger partial charge in [-0.15, -0.1) is 0 Å². The second-order valence-corrected chi connectivity index (χ2v) is 11.6. The van der Waals surface area contributed by atoms with Gasteiger partial charge in [-0.25, -0.2) is 0 Å². The molecule has 1 rings (SSSR count). The molecule has 1 fully saturated rings. The van der Waals surface area contributed by atoms with Gasteiger partial charge in [-0.05, 0) is 67.2 Å². The lowest BCUT2D eigenvalue weighted by Gasteiger charge is -2.24. The number of unbranched alkanes of at least 4 members (excludes halogenated alkanes) is 1. The van der Waals surface area contributed by atoms with Gasteiger partial charge in [-0.1, -0.05) is 6.42 Å². The Bertz CT molecular complexity index is 913. The Morgan fingerprint density at radius 3 is 1.92 bits per heavy atom. The van der Waals surface area contributed by atoms with Gasteiger partial charge in [0.2, 0.25) is 0 Å². The van der Waals surface area contributed by atoms with Crippen molar-refractivity contribution in [3.8, 4) is 0 Å².